The van der Waals surface area contributed by atoms with Crippen LogP contribution < -0.4 is 9.80 Å². The highest BCUT2D eigenvalue weighted by Crippen LogP contribution is 2.54. The van der Waals surface area contributed by atoms with Crippen LogP contribution in [0, 0.1) is 0 Å². The normalized spacial score (nSPS) is 14.7. The first-order valence-corrected chi connectivity index (χ1v) is 25.2. The summed E-state index contributed by atoms with van der Waals surface area (Å²) in [6.45, 7) is 14.2. The van der Waals surface area contributed by atoms with Gasteiger partial charge in [-0.2, -0.15) is 0 Å². The zero-order valence-corrected chi connectivity index (χ0v) is 41.3. The summed E-state index contributed by atoms with van der Waals surface area (Å²) < 4.78 is 0. The zero-order valence-electron chi connectivity index (χ0n) is 41.3. The molecule has 2 nitrogen and oxygen atoms in total. The second-order valence-electron chi connectivity index (χ2n) is 21.4. The van der Waals surface area contributed by atoms with E-state index in [1.165, 1.54) is 89.0 Å². The maximum Gasteiger partial charge on any atom is 0.0467 e. The van der Waals surface area contributed by atoms with Gasteiger partial charge in [0.05, 0.1) is 0 Å². The van der Waals surface area contributed by atoms with Crippen LogP contribution in [-0.2, 0) is 16.2 Å². The van der Waals surface area contributed by atoms with Crippen molar-refractivity contribution >= 4 is 34.1 Å². The molecule has 0 radical (unpaired) electrons. The monoisotopic (exact) mass is 912 g/mol. The van der Waals surface area contributed by atoms with E-state index in [2.05, 4.69) is 282 Å². The maximum atomic E-state index is 2.45. The fraction of sp³-hybridized carbons (Fsp3) is 0.130. The van der Waals surface area contributed by atoms with Gasteiger partial charge in [-0.3, -0.25) is 0 Å². The van der Waals surface area contributed by atoms with Crippen LogP contribution in [0.1, 0.15) is 74.9 Å². The molecule has 0 fully saturated rings. The molecule has 0 N–H and O–H groups in total. The summed E-state index contributed by atoms with van der Waals surface area (Å²) in [5.74, 6) is 0. The number of nitrogens with zero attached hydrogens (tertiary/aromatic N) is 2. The molecule has 0 amide bonds. The van der Waals surface area contributed by atoms with Crippen LogP contribution in [0.2, 0.25) is 0 Å². The fourth-order valence-electron chi connectivity index (χ4n) is 12.5. The van der Waals surface area contributed by atoms with E-state index >= 15 is 0 Å². The minimum Gasteiger partial charge on any atom is -0.310 e. The molecule has 71 heavy (non-hydrogen) atoms. The maximum absolute atomic E-state index is 2.45. The predicted molar refractivity (Wildman–Crippen MR) is 299 cm³/mol. The SMILES string of the molecule is CC1(C)c2cc(-c3cccc(N(c4ccccc4)c4ccc5c(c4)C(C)(C)c4ccccc4-5)c3)ccc2-c2ccc(-c3cccc(N(c4ccccc4)c4ccc5c(c4)C(C)(C)c4ccccc4-5)c3)cc21. The van der Waals surface area contributed by atoms with Crippen molar-refractivity contribution in [2.45, 2.75) is 57.8 Å². The summed E-state index contributed by atoms with van der Waals surface area (Å²) in [5, 5.41) is 0. The van der Waals surface area contributed by atoms with Gasteiger partial charge < -0.3 is 9.80 Å². The Balaban J connectivity index is 0.836. The summed E-state index contributed by atoms with van der Waals surface area (Å²) in [5.41, 5.74) is 27.5. The Morgan fingerprint density at radius 2 is 0.507 bits per heavy atom. The number of hydrogen-bond donors (Lipinski definition) is 0. The lowest BCUT2D eigenvalue weighted by molar-refractivity contribution is 0.660. The Kier molecular flexibility index (Phi) is 9.61. The van der Waals surface area contributed by atoms with Crippen molar-refractivity contribution in [1.82, 2.24) is 0 Å². The Morgan fingerprint density at radius 1 is 0.211 bits per heavy atom. The van der Waals surface area contributed by atoms with Crippen LogP contribution in [0.3, 0.4) is 0 Å². The van der Waals surface area contributed by atoms with E-state index in [-0.39, 0.29) is 16.2 Å². The van der Waals surface area contributed by atoms with E-state index in [1.54, 1.807) is 0 Å². The zero-order chi connectivity index (χ0) is 48.2. The topological polar surface area (TPSA) is 6.48 Å². The third-order valence-electron chi connectivity index (χ3n) is 16.2. The first-order chi connectivity index (χ1) is 34.5. The predicted octanol–water partition coefficient (Wildman–Crippen LogP) is 18.9. The van der Waals surface area contributed by atoms with E-state index in [9.17, 15) is 0 Å². The molecule has 3 aliphatic carbocycles. The highest BCUT2D eigenvalue weighted by atomic mass is 15.1. The van der Waals surface area contributed by atoms with Gasteiger partial charge in [0.1, 0.15) is 0 Å². The van der Waals surface area contributed by atoms with E-state index in [0.29, 0.717) is 0 Å². The highest BCUT2D eigenvalue weighted by molar-refractivity contribution is 5.90. The van der Waals surface area contributed by atoms with E-state index in [4.69, 9.17) is 0 Å². The van der Waals surface area contributed by atoms with Gasteiger partial charge in [-0.15, -0.1) is 0 Å². The smallest absolute Gasteiger partial charge is 0.0467 e. The lowest BCUT2D eigenvalue weighted by Gasteiger charge is -2.28. The quantitative estimate of drug-likeness (QED) is 0.150. The van der Waals surface area contributed by atoms with Gasteiger partial charge in [0, 0.05) is 50.4 Å². The van der Waals surface area contributed by atoms with Crippen LogP contribution in [-0.4, -0.2) is 0 Å². The van der Waals surface area contributed by atoms with Gasteiger partial charge in [-0.1, -0.05) is 187 Å². The van der Waals surface area contributed by atoms with Crippen molar-refractivity contribution < 1.29 is 0 Å². The minimum atomic E-state index is -0.207. The van der Waals surface area contributed by atoms with E-state index in [0.717, 1.165) is 34.1 Å². The number of rotatable bonds is 8. The summed E-state index contributed by atoms with van der Waals surface area (Å²) in [4.78, 5) is 4.83. The summed E-state index contributed by atoms with van der Waals surface area (Å²) in [6.07, 6.45) is 0. The Hall–Kier alpha value is -8.20. The van der Waals surface area contributed by atoms with Crippen molar-refractivity contribution in [3.63, 3.8) is 0 Å². The van der Waals surface area contributed by atoms with Crippen LogP contribution in [0.15, 0.2) is 231 Å². The van der Waals surface area contributed by atoms with Gasteiger partial charge in [-0.05, 0) is 174 Å². The standard InChI is InChI=1S/C69H56N2/c1-67(2)61-29-15-13-27-55(61)59-37-33-53(43-65(59)67)70(49-21-9-7-10-22-49)51-25-17-19-45(39-51)47-31-35-57-58-36-32-48(42-64(58)69(5,6)63(57)41-47)46-20-18-26-52(40-46)71(50-23-11-8-12-24-50)54-34-38-60-56-28-14-16-30-62(56)68(3,4)66(60)44-54/h7-44H,1-6H3. The highest BCUT2D eigenvalue weighted by Gasteiger charge is 2.38. The van der Waals surface area contributed by atoms with Crippen molar-refractivity contribution in [2.75, 3.05) is 9.80 Å². The van der Waals surface area contributed by atoms with Crippen LogP contribution in [0.5, 0.6) is 0 Å². The van der Waals surface area contributed by atoms with Gasteiger partial charge in [0.25, 0.3) is 0 Å². The molecular weight excluding hydrogens is 857 g/mol. The number of benzene rings is 10. The molecule has 10 aromatic rings. The van der Waals surface area contributed by atoms with Gasteiger partial charge >= 0.3 is 0 Å². The molecule has 0 aliphatic heterocycles. The van der Waals surface area contributed by atoms with Crippen LogP contribution in [0.25, 0.3) is 55.6 Å². The Morgan fingerprint density at radius 3 is 0.930 bits per heavy atom. The molecule has 13 rings (SSSR count). The second kappa shape index (κ2) is 15.9. The van der Waals surface area contributed by atoms with Gasteiger partial charge in [-0.25, -0.2) is 0 Å². The fourth-order valence-corrected chi connectivity index (χ4v) is 12.5. The molecule has 0 heterocycles. The van der Waals surface area contributed by atoms with Crippen molar-refractivity contribution in [3.05, 3.63) is 264 Å². The third kappa shape index (κ3) is 6.69. The van der Waals surface area contributed by atoms with Gasteiger partial charge in [0.2, 0.25) is 0 Å². The summed E-state index contributed by atoms with van der Waals surface area (Å²) in [7, 11) is 0. The molecule has 342 valence electrons. The van der Waals surface area contributed by atoms with Crippen molar-refractivity contribution in [1.29, 1.82) is 0 Å². The third-order valence-corrected chi connectivity index (χ3v) is 16.2. The number of para-hydroxylation sites is 2. The molecule has 0 bridgehead atoms. The van der Waals surface area contributed by atoms with Crippen LogP contribution in [0.4, 0.5) is 34.1 Å². The average molecular weight is 913 g/mol. The van der Waals surface area contributed by atoms with Crippen LogP contribution >= 0.6 is 0 Å². The number of fused-ring (bicyclic) bond motifs is 9. The molecule has 3 aliphatic rings. The average Bonchev–Trinajstić information content (AvgIpc) is 3.88. The van der Waals surface area contributed by atoms with Crippen molar-refractivity contribution in [3.8, 4) is 55.6 Å². The molecular formula is C69H56N2. The molecule has 0 saturated heterocycles. The van der Waals surface area contributed by atoms with E-state index < -0.39 is 0 Å². The summed E-state index contributed by atoms with van der Waals surface area (Å²) >= 11 is 0. The molecule has 0 saturated carbocycles. The lowest BCUT2D eigenvalue weighted by atomic mass is 9.81. The first kappa shape index (κ1) is 42.9. The number of anilines is 6. The van der Waals surface area contributed by atoms with Crippen molar-refractivity contribution in [2.24, 2.45) is 0 Å². The molecule has 0 atom stereocenters. The lowest BCUT2D eigenvalue weighted by Crippen LogP contribution is -2.16. The molecule has 0 aromatic heterocycles. The first-order valence-electron chi connectivity index (χ1n) is 25.2. The second-order valence-corrected chi connectivity index (χ2v) is 21.4. The molecule has 0 unspecified atom stereocenters. The minimum absolute atomic E-state index is 0.0930. The van der Waals surface area contributed by atoms with Gasteiger partial charge in [0.15, 0.2) is 0 Å². The summed E-state index contributed by atoms with van der Waals surface area (Å²) in [6, 6.07) is 85.9. The van der Waals surface area contributed by atoms with E-state index in [1.807, 2.05) is 0 Å². The molecule has 0 spiro atoms. The molecule has 10 aromatic carbocycles. The largest absolute Gasteiger partial charge is 0.310 e. The Labute approximate surface area is 419 Å². The molecule has 2 heteroatoms. The number of hydrogen-bond acceptors (Lipinski definition) is 2. The Bertz CT molecular complexity index is 3500.